The standard InChI is InChI=1S/C36H43BF3N7O/c1-24-27(6-10-33-30(24)16-29(18-41)47(33)19-25-3-7-28(8-4-25)44-37(2)48)20-45-13-11-35(12-14-45)21-46(22-35)34-31-15-26(17-36(38,39)40)5-9-32(31)42-23-43-34/h5-6,9-10,15-16,23,25,28,44,48H,3-4,7-8,11-14,17,19-22H2,1-2H3. The molecule has 4 heterocycles. The van der Waals surface area contributed by atoms with E-state index in [4.69, 9.17) is 0 Å². The van der Waals surface area contributed by atoms with Crippen LogP contribution in [0.1, 0.15) is 60.9 Å². The van der Waals surface area contributed by atoms with E-state index >= 15 is 0 Å². The maximum atomic E-state index is 13.1. The second-order valence-corrected chi connectivity index (χ2v) is 14.6. The predicted molar refractivity (Wildman–Crippen MR) is 183 cm³/mol. The Morgan fingerprint density at radius 2 is 1.79 bits per heavy atom. The third kappa shape index (κ3) is 6.78. The van der Waals surface area contributed by atoms with Gasteiger partial charge in [-0.2, -0.15) is 18.4 Å². The molecule has 2 saturated heterocycles. The van der Waals surface area contributed by atoms with Crippen molar-refractivity contribution in [3.05, 3.63) is 65.1 Å². The first-order valence-electron chi connectivity index (χ1n) is 17.2. The van der Waals surface area contributed by atoms with Crippen LogP contribution in [0.4, 0.5) is 19.0 Å². The number of rotatable bonds is 8. The lowest BCUT2D eigenvalue weighted by Crippen LogP contribution is -2.60. The lowest BCUT2D eigenvalue weighted by Gasteiger charge is -2.54. The molecular formula is C36H43BF3N7O. The highest BCUT2D eigenvalue weighted by Crippen LogP contribution is 2.44. The fourth-order valence-electron chi connectivity index (χ4n) is 8.43. The van der Waals surface area contributed by atoms with Gasteiger partial charge in [-0.05, 0) is 118 Å². The lowest BCUT2D eigenvalue weighted by atomic mass is 9.72. The van der Waals surface area contributed by atoms with Crippen LogP contribution in [-0.4, -0.2) is 69.9 Å². The van der Waals surface area contributed by atoms with Gasteiger partial charge < -0.3 is 19.7 Å². The number of nitrogens with one attached hydrogen (secondary N) is 1. The molecule has 1 aliphatic carbocycles. The molecule has 7 rings (SSSR count). The topological polar surface area (TPSA) is 93.2 Å². The van der Waals surface area contributed by atoms with Gasteiger partial charge in [0.1, 0.15) is 23.9 Å². The SMILES string of the molecule is CB(O)NC1CCC(Cn2c(C#N)cc3c(C)c(CN4CCC5(CC4)CN(c4ncnc6ccc(CC(F)(F)F)cc46)C5)ccc32)CC1. The van der Waals surface area contributed by atoms with Crippen molar-refractivity contribution in [1.29, 1.82) is 5.26 Å². The zero-order valence-electron chi connectivity index (χ0n) is 27.7. The molecule has 1 spiro atoms. The first kappa shape index (κ1) is 32.9. The Balaban J connectivity index is 0.977. The van der Waals surface area contributed by atoms with Crippen LogP contribution in [0.5, 0.6) is 0 Å². The number of likely N-dealkylation sites (tertiary alicyclic amines) is 1. The monoisotopic (exact) mass is 657 g/mol. The van der Waals surface area contributed by atoms with E-state index < -0.39 is 19.6 Å². The highest BCUT2D eigenvalue weighted by molar-refractivity contribution is 6.45. The zero-order chi connectivity index (χ0) is 33.6. The minimum absolute atomic E-state index is 0.195. The predicted octanol–water partition coefficient (Wildman–Crippen LogP) is 6.23. The van der Waals surface area contributed by atoms with Crippen molar-refractivity contribution < 1.29 is 18.2 Å². The molecule has 12 heteroatoms. The van der Waals surface area contributed by atoms with Gasteiger partial charge in [-0.25, -0.2) is 9.97 Å². The molecule has 0 bridgehead atoms. The summed E-state index contributed by atoms with van der Waals surface area (Å²) in [6, 6.07) is 14.1. The average Bonchev–Trinajstić information content (AvgIpc) is 3.39. The number of alkyl halides is 3. The smallest absolute Gasteiger partial charge is 0.393 e. The van der Waals surface area contributed by atoms with Crippen LogP contribution in [0.15, 0.2) is 42.7 Å². The summed E-state index contributed by atoms with van der Waals surface area (Å²) >= 11 is 0. The zero-order valence-corrected chi connectivity index (χ0v) is 27.7. The highest BCUT2D eigenvalue weighted by Gasteiger charge is 2.45. The van der Waals surface area contributed by atoms with Gasteiger partial charge in [0.2, 0.25) is 0 Å². The fourth-order valence-corrected chi connectivity index (χ4v) is 8.43. The number of hydrogen-bond acceptors (Lipinski definition) is 7. The van der Waals surface area contributed by atoms with Gasteiger partial charge in [-0.3, -0.25) is 4.90 Å². The Hall–Kier alpha value is -3.66. The Kier molecular flexibility index (Phi) is 8.90. The van der Waals surface area contributed by atoms with Gasteiger partial charge in [0.15, 0.2) is 0 Å². The van der Waals surface area contributed by atoms with Crippen LogP contribution in [0.25, 0.3) is 21.8 Å². The van der Waals surface area contributed by atoms with E-state index in [1.165, 1.54) is 23.5 Å². The molecule has 0 atom stereocenters. The molecule has 8 nitrogen and oxygen atoms in total. The third-order valence-corrected chi connectivity index (χ3v) is 11.1. The quantitative estimate of drug-likeness (QED) is 0.217. The van der Waals surface area contributed by atoms with Crippen molar-refractivity contribution in [3.8, 4) is 6.07 Å². The summed E-state index contributed by atoms with van der Waals surface area (Å²) in [6.45, 7) is 9.34. The third-order valence-electron chi connectivity index (χ3n) is 11.1. The summed E-state index contributed by atoms with van der Waals surface area (Å²) in [5.74, 6) is 1.24. The van der Waals surface area contributed by atoms with Crippen LogP contribution in [-0.2, 0) is 19.5 Å². The molecule has 2 aromatic carbocycles. The maximum absolute atomic E-state index is 13.1. The summed E-state index contributed by atoms with van der Waals surface area (Å²) < 4.78 is 41.4. The van der Waals surface area contributed by atoms with E-state index in [-0.39, 0.29) is 11.0 Å². The number of anilines is 1. The number of benzene rings is 2. The lowest BCUT2D eigenvalue weighted by molar-refractivity contribution is -0.127. The molecule has 0 unspecified atom stereocenters. The number of aromatic nitrogens is 3. The van der Waals surface area contributed by atoms with Gasteiger partial charge in [-0.1, -0.05) is 12.1 Å². The van der Waals surface area contributed by atoms with Crippen molar-refractivity contribution in [3.63, 3.8) is 0 Å². The molecule has 4 aromatic rings. The average molecular weight is 658 g/mol. The van der Waals surface area contributed by atoms with Crippen LogP contribution in [0, 0.1) is 29.6 Å². The molecule has 0 radical (unpaired) electrons. The van der Waals surface area contributed by atoms with Crippen LogP contribution >= 0.6 is 0 Å². The van der Waals surface area contributed by atoms with Crippen molar-refractivity contribution in [2.45, 2.75) is 84.0 Å². The number of nitrogens with zero attached hydrogens (tertiary/aromatic N) is 6. The minimum atomic E-state index is -4.26. The minimum Gasteiger partial charge on any atom is -0.437 e. The van der Waals surface area contributed by atoms with Crippen LogP contribution in [0.3, 0.4) is 0 Å². The van der Waals surface area contributed by atoms with Gasteiger partial charge in [-0.15, -0.1) is 0 Å². The number of hydrogen-bond donors (Lipinski definition) is 2. The fraction of sp³-hybridized carbons (Fsp3) is 0.528. The summed E-state index contributed by atoms with van der Waals surface area (Å²) in [7, 11) is -0.485. The summed E-state index contributed by atoms with van der Waals surface area (Å²) in [6.07, 6.45) is 2.67. The van der Waals surface area contributed by atoms with Crippen LogP contribution in [0.2, 0.25) is 6.82 Å². The summed E-state index contributed by atoms with van der Waals surface area (Å²) in [5.41, 5.74) is 5.48. The molecule has 1 saturated carbocycles. The molecular weight excluding hydrogens is 614 g/mol. The molecule has 3 fully saturated rings. The number of nitriles is 1. The maximum Gasteiger partial charge on any atom is 0.393 e. The molecule has 2 aliphatic heterocycles. The molecule has 48 heavy (non-hydrogen) atoms. The first-order valence-corrected chi connectivity index (χ1v) is 17.2. The largest absolute Gasteiger partial charge is 0.437 e. The second-order valence-electron chi connectivity index (χ2n) is 14.6. The Morgan fingerprint density at radius 3 is 2.48 bits per heavy atom. The van der Waals surface area contributed by atoms with Crippen molar-refractivity contribution in [1.82, 2.24) is 24.7 Å². The molecule has 252 valence electrons. The number of piperidine rings is 1. The molecule has 3 aliphatic rings. The number of halogens is 3. The molecule has 0 amide bonds. The van der Waals surface area contributed by atoms with Crippen LogP contribution < -0.4 is 10.1 Å². The number of fused-ring (bicyclic) bond motifs is 2. The summed E-state index contributed by atoms with van der Waals surface area (Å²) in [5, 5.41) is 24.8. The van der Waals surface area contributed by atoms with E-state index in [1.807, 2.05) is 0 Å². The van der Waals surface area contributed by atoms with Crippen molar-refractivity contribution >= 4 is 34.7 Å². The highest BCUT2D eigenvalue weighted by atomic mass is 19.4. The molecule has 2 N–H and O–H groups in total. The van der Waals surface area contributed by atoms with E-state index in [2.05, 4.69) is 60.8 Å². The van der Waals surface area contributed by atoms with Gasteiger partial charge in [0.25, 0.3) is 0 Å². The normalized spacial score (nSPS) is 21.5. The Bertz CT molecular complexity index is 1830. The van der Waals surface area contributed by atoms with Gasteiger partial charge in [0, 0.05) is 47.9 Å². The second kappa shape index (κ2) is 13.0. The van der Waals surface area contributed by atoms with Crippen molar-refractivity contribution in [2.24, 2.45) is 11.3 Å². The van der Waals surface area contributed by atoms with E-state index in [9.17, 15) is 23.5 Å². The van der Waals surface area contributed by atoms with E-state index in [1.54, 1.807) is 19.0 Å². The first-order chi connectivity index (χ1) is 23.0. The van der Waals surface area contributed by atoms with Crippen molar-refractivity contribution in [2.75, 3.05) is 31.1 Å². The van der Waals surface area contributed by atoms with Gasteiger partial charge in [0.05, 0.1) is 11.9 Å². The van der Waals surface area contributed by atoms with E-state index in [0.29, 0.717) is 22.9 Å². The Labute approximate surface area is 280 Å². The number of aryl methyl sites for hydroxylation is 1. The molecule has 2 aromatic heterocycles. The van der Waals surface area contributed by atoms with E-state index in [0.717, 1.165) is 100 Å². The Morgan fingerprint density at radius 1 is 1.04 bits per heavy atom. The summed E-state index contributed by atoms with van der Waals surface area (Å²) in [4.78, 5) is 13.5. The van der Waals surface area contributed by atoms with Gasteiger partial charge >= 0.3 is 13.2 Å².